The number of nitrogens with zero attached hydrogens (tertiary/aromatic N) is 1. The Balaban J connectivity index is 3.84. The molecule has 0 aromatic rings. The van der Waals surface area contributed by atoms with E-state index >= 15 is 0 Å². The Kier molecular flexibility index (Phi) is 6.49. The highest BCUT2D eigenvalue weighted by atomic mass is 16.1. The first-order chi connectivity index (χ1) is 6.51. The van der Waals surface area contributed by atoms with Crippen molar-refractivity contribution in [2.24, 2.45) is 5.73 Å². The van der Waals surface area contributed by atoms with E-state index in [-0.39, 0.29) is 18.0 Å². The molecule has 1 amide bonds. The number of rotatable bonds is 7. The molecule has 2 atom stereocenters. The number of nitrogens with one attached hydrogen (secondary N) is 1. The van der Waals surface area contributed by atoms with Crippen LogP contribution in [0.15, 0.2) is 0 Å². The maximum Gasteiger partial charge on any atom is 0.234 e. The van der Waals surface area contributed by atoms with Crippen LogP contribution in [0.25, 0.3) is 0 Å². The smallest absolute Gasteiger partial charge is 0.234 e. The molecule has 0 rings (SSSR count). The van der Waals surface area contributed by atoms with Crippen molar-refractivity contribution in [2.75, 3.05) is 19.6 Å². The molecular weight excluding hydrogens is 178 g/mol. The number of likely N-dealkylation sites (N-methyl/N-ethyl adjacent to an activating group) is 1. The molecule has 3 N–H and O–H groups in total. The maximum atomic E-state index is 10.8. The molecule has 2 unspecified atom stereocenters. The minimum atomic E-state index is -0.295. The number of amides is 1. The third kappa shape index (κ3) is 5.19. The van der Waals surface area contributed by atoms with Crippen LogP contribution in [0.2, 0.25) is 0 Å². The summed E-state index contributed by atoms with van der Waals surface area (Å²) in [6.45, 7) is 11.1. The van der Waals surface area contributed by atoms with Gasteiger partial charge in [-0.2, -0.15) is 0 Å². The van der Waals surface area contributed by atoms with Gasteiger partial charge in [-0.1, -0.05) is 13.8 Å². The Labute approximate surface area is 86.8 Å². The van der Waals surface area contributed by atoms with Gasteiger partial charge in [0.25, 0.3) is 0 Å². The molecule has 0 aromatic carbocycles. The third-order valence-electron chi connectivity index (χ3n) is 2.39. The van der Waals surface area contributed by atoms with Gasteiger partial charge in [0.1, 0.15) is 0 Å². The maximum absolute atomic E-state index is 10.8. The molecule has 0 aliphatic heterocycles. The Bertz CT molecular complexity index is 169. The molecule has 14 heavy (non-hydrogen) atoms. The van der Waals surface area contributed by atoms with Crippen LogP contribution >= 0.6 is 0 Å². The van der Waals surface area contributed by atoms with Crippen molar-refractivity contribution in [2.45, 2.75) is 39.8 Å². The first kappa shape index (κ1) is 13.4. The molecule has 0 bridgehead atoms. The highest BCUT2D eigenvalue weighted by Gasteiger charge is 2.13. The second-order valence-corrected chi connectivity index (χ2v) is 3.68. The molecule has 0 aliphatic carbocycles. The Hall–Kier alpha value is -0.610. The van der Waals surface area contributed by atoms with E-state index in [0.717, 1.165) is 19.6 Å². The number of carbonyl (C=O) groups is 1. The first-order valence-electron chi connectivity index (χ1n) is 5.28. The zero-order valence-corrected chi connectivity index (χ0v) is 9.71. The Morgan fingerprint density at radius 1 is 1.36 bits per heavy atom. The van der Waals surface area contributed by atoms with Crippen molar-refractivity contribution in [3.8, 4) is 0 Å². The van der Waals surface area contributed by atoms with Crippen LogP contribution in [-0.4, -0.2) is 42.5 Å². The predicted molar refractivity (Wildman–Crippen MR) is 59.0 cm³/mol. The van der Waals surface area contributed by atoms with E-state index in [4.69, 9.17) is 5.73 Å². The molecule has 0 heterocycles. The van der Waals surface area contributed by atoms with Gasteiger partial charge in [-0.15, -0.1) is 0 Å². The summed E-state index contributed by atoms with van der Waals surface area (Å²) in [6, 6.07) is 0.0398. The van der Waals surface area contributed by atoms with Crippen molar-refractivity contribution in [1.82, 2.24) is 10.2 Å². The molecule has 0 aromatic heterocycles. The molecular formula is C10H23N3O. The molecule has 4 heteroatoms. The molecule has 0 fully saturated rings. The highest BCUT2D eigenvalue weighted by molar-refractivity contribution is 5.79. The van der Waals surface area contributed by atoms with Crippen LogP contribution in [0.5, 0.6) is 0 Å². The fourth-order valence-corrected chi connectivity index (χ4v) is 1.43. The second kappa shape index (κ2) is 6.79. The van der Waals surface area contributed by atoms with Gasteiger partial charge in [0.05, 0.1) is 6.04 Å². The molecule has 0 aliphatic rings. The molecule has 0 radical (unpaired) electrons. The van der Waals surface area contributed by atoms with E-state index < -0.39 is 0 Å². The average molecular weight is 201 g/mol. The number of hydrogen-bond acceptors (Lipinski definition) is 3. The van der Waals surface area contributed by atoms with Gasteiger partial charge in [0.15, 0.2) is 0 Å². The zero-order chi connectivity index (χ0) is 11.1. The minimum absolute atomic E-state index is 0.249. The SMILES string of the molecule is CCN(CC)CC(C)NC(C)C(N)=O. The van der Waals surface area contributed by atoms with E-state index in [1.54, 1.807) is 6.92 Å². The molecule has 0 saturated heterocycles. The van der Waals surface area contributed by atoms with Crippen LogP contribution in [0.1, 0.15) is 27.7 Å². The monoisotopic (exact) mass is 201 g/mol. The number of carbonyl (C=O) groups excluding carboxylic acids is 1. The van der Waals surface area contributed by atoms with Crippen molar-refractivity contribution >= 4 is 5.91 Å². The minimum Gasteiger partial charge on any atom is -0.368 e. The van der Waals surface area contributed by atoms with E-state index in [1.165, 1.54) is 0 Å². The van der Waals surface area contributed by atoms with Crippen LogP contribution < -0.4 is 11.1 Å². The average Bonchev–Trinajstić information content (AvgIpc) is 2.13. The molecule has 4 nitrogen and oxygen atoms in total. The first-order valence-corrected chi connectivity index (χ1v) is 5.28. The summed E-state index contributed by atoms with van der Waals surface area (Å²) in [5.74, 6) is -0.295. The fourth-order valence-electron chi connectivity index (χ4n) is 1.43. The lowest BCUT2D eigenvalue weighted by Gasteiger charge is -2.25. The Morgan fingerprint density at radius 3 is 2.21 bits per heavy atom. The summed E-state index contributed by atoms with van der Waals surface area (Å²) >= 11 is 0. The lowest BCUT2D eigenvalue weighted by molar-refractivity contribution is -0.119. The quantitative estimate of drug-likeness (QED) is 0.618. The van der Waals surface area contributed by atoms with Crippen LogP contribution in [0, 0.1) is 0 Å². The van der Waals surface area contributed by atoms with Crippen molar-refractivity contribution in [1.29, 1.82) is 0 Å². The normalized spacial score (nSPS) is 15.5. The van der Waals surface area contributed by atoms with E-state index in [0.29, 0.717) is 0 Å². The van der Waals surface area contributed by atoms with Gasteiger partial charge in [-0.3, -0.25) is 4.79 Å². The standard InChI is InChI=1S/C10H23N3O/c1-5-13(6-2)7-8(3)12-9(4)10(11)14/h8-9,12H,5-7H2,1-4H3,(H2,11,14). The summed E-state index contributed by atoms with van der Waals surface area (Å²) in [5.41, 5.74) is 5.17. The zero-order valence-electron chi connectivity index (χ0n) is 9.71. The summed E-state index contributed by atoms with van der Waals surface area (Å²) < 4.78 is 0. The van der Waals surface area contributed by atoms with Crippen molar-refractivity contribution in [3.63, 3.8) is 0 Å². The number of hydrogen-bond donors (Lipinski definition) is 2. The number of nitrogens with two attached hydrogens (primary N) is 1. The van der Waals surface area contributed by atoms with Gasteiger partial charge in [0.2, 0.25) is 5.91 Å². The van der Waals surface area contributed by atoms with Gasteiger partial charge in [0, 0.05) is 12.6 Å². The summed E-state index contributed by atoms with van der Waals surface area (Å²) in [6.07, 6.45) is 0. The second-order valence-electron chi connectivity index (χ2n) is 3.68. The van der Waals surface area contributed by atoms with E-state index in [9.17, 15) is 4.79 Å². The summed E-state index contributed by atoms with van der Waals surface area (Å²) in [4.78, 5) is 13.1. The lowest BCUT2D eigenvalue weighted by atomic mass is 10.2. The summed E-state index contributed by atoms with van der Waals surface area (Å²) in [7, 11) is 0. The van der Waals surface area contributed by atoms with Crippen LogP contribution in [-0.2, 0) is 4.79 Å². The van der Waals surface area contributed by atoms with E-state index in [2.05, 4.69) is 31.0 Å². The van der Waals surface area contributed by atoms with Gasteiger partial charge < -0.3 is 16.0 Å². The molecule has 84 valence electrons. The van der Waals surface area contributed by atoms with Crippen molar-refractivity contribution in [3.05, 3.63) is 0 Å². The van der Waals surface area contributed by atoms with Gasteiger partial charge in [-0.25, -0.2) is 0 Å². The van der Waals surface area contributed by atoms with E-state index in [1.807, 2.05) is 0 Å². The lowest BCUT2D eigenvalue weighted by Crippen LogP contribution is -2.47. The topological polar surface area (TPSA) is 58.4 Å². The predicted octanol–water partition coefficient (Wildman–Crippen LogP) is 0.180. The fraction of sp³-hybridized carbons (Fsp3) is 0.900. The van der Waals surface area contributed by atoms with Crippen molar-refractivity contribution < 1.29 is 4.79 Å². The molecule has 0 spiro atoms. The largest absolute Gasteiger partial charge is 0.368 e. The summed E-state index contributed by atoms with van der Waals surface area (Å²) in [5, 5.41) is 3.16. The van der Waals surface area contributed by atoms with Gasteiger partial charge in [-0.05, 0) is 26.9 Å². The highest BCUT2D eigenvalue weighted by Crippen LogP contribution is 1.93. The van der Waals surface area contributed by atoms with Crippen LogP contribution in [0.3, 0.4) is 0 Å². The molecule has 0 saturated carbocycles. The Morgan fingerprint density at radius 2 is 1.86 bits per heavy atom. The number of primary amides is 1. The van der Waals surface area contributed by atoms with Gasteiger partial charge >= 0.3 is 0 Å². The van der Waals surface area contributed by atoms with Crippen LogP contribution in [0.4, 0.5) is 0 Å². The third-order valence-corrected chi connectivity index (χ3v) is 2.39.